The van der Waals surface area contributed by atoms with E-state index in [2.05, 4.69) is 27.6 Å². The lowest BCUT2D eigenvalue weighted by Crippen LogP contribution is -2.39. The van der Waals surface area contributed by atoms with Gasteiger partial charge < -0.3 is 18.9 Å². The maximum Gasteiger partial charge on any atom is 0.337 e. The Morgan fingerprint density at radius 2 is 1.79 bits per heavy atom. The van der Waals surface area contributed by atoms with Crippen LogP contribution in [0.15, 0.2) is 82.2 Å². The molecule has 1 aromatic heterocycles. The van der Waals surface area contributed by atoms with Crippen LogP contribution in [0.2, 0.25) is 0 Å². The van der Waals surface area contributed by atoms with Gasteiger partial charge in [-0.25, -0.2) is 14.2 Å². The molecule has 3 aromatic carbocycles. The molecule has 0 unspecified atom stereocenters. The molecule has 0 radical (unpaired) electrons. The van der Waals surface area contributed by atoms with Crippen LogP contribution in [-0.2, 0) is 16.1 Å². The molecule has 0 bridgehead atoms. The number of aromatic nitrogens is 1. The zero-order valence-corrected chi connectivity index (χ0v) is 26.6. The predicted molar refractivity (Wildman–Crippen MR) is 170 cm³/mol. The van der Waals surface area contributed by atoms with Crippen molar-refractivity contribution in [2.24, 2.45) is 4.99 Å². The molecule has 0 saturated carbocycles. The highest BCUT2D eigenvalue weighted by molar-refractivity contribution is 14.1. The molecule has 5 rings (SSSR count). The van der Waals surface area contributed by atoms with Gasteiger partial charge in [-0.1, -0.05) is 35.6 Å². The summed E-state index contributed by atoms with van der Waals surface area (Å²) in [5.74, 6) is 0.831. The van der Waals surface area contributed by atoms with Crippen molar-refractivity contribution in [3.8, 4) is 17.2 Å². The number of hydrogen-bond acceptors (Lipinski definition) is 8. The van der Waals surface area contributed by atoms with Gasteiger partial charge in [0, 0.05) is 6.20 Å². The van der Waals surface area contributed by atoms with Gasteiger partial charge in [0.1, 0.15) is 18.2 Å². The standard InChI is InChI=1S/C32H28FIN2O6S/c1-4-40-26-12-10-21(16-27(26)41-5-2)29-23(31(38)39-3)17-35-32-36(29)30(37)28(43-32)15-19-9-11-25(24(34)14-19)42-18-20-7-6-8-22(33)13-20/h6-17,29H,4-5,18H2,1-3H3/b28-15-/t29-/m0/s1. The number of fused-ring (bicyclic) bond motifs is 1. The Morgan fingerprint density at radius 1 is 1.02 bits per heavy atom. The van der Waals surface area contributed by atoms with Crippen LogP contribution < -0.4 is 29.1 Å². The number of ether oxygens (including phenoxy) is 4. The number of carbonyl (C=O) groups excluding carboxylic acids is 1. The van der Waals surface area contributed by atoms with Gasteiger partial charge >= 0.3 is 5.97 Å². The third kappa shape index (κ3) is 6.67. The molecule has 0 spiro atoms. The molecule has 11 heteroatoms. The second kappa shape index (κ2) is 13.6. The first-order chi connectivity index (χ1) is 20.8. The Hall–Kier alpha value is -3.97. The second-order valence-electron chi connectivity index (χ2n) is 9.36. The molecule has 1 aliphatic rings. The van der Waals surface area contributed by atoms with Gasteiger partial charge in [-0.05, 0) is 95.6 Å². The van der Waals surface area contributed by atoms with Crippen molar-refractivity contribution in [1.29, 1.82) is 0 Å². The van der Waals surface area contributed by atoms with E-state index in [9.17, 15) is 14.0 Å². The Kier molecular flexibility index (Phi) is 9.61. The van der Waals surface area contributed by atoms with Crippen molar-refractivity contribution in [2.75, 3.05) is 20.3 Å². The minimum Gasteiger partial charge on any atom is -0.490 e. The molecule has 4 aromatic rings. The second-order valence-corrected chi connectivity index (χ2v) is 11.5. The van der Waals surface area contributed by atoms with Crippen LogP contribution >= 0.6 is 33.9 Å². The number of carbonyl (C=O) groups is 1. The quantitative estimate of drug-likeness (QED) is 0.167. The number of methoxy groups -OCH3 is 1. The average Bonchev–Trinajstić information content (AvgIpc) is 3.31. The van der Waals surface area contributed by atoms with Gasteiger partial charge in [0.25, 0.3) is 5.56 Å². The van der Waals surface area contributed by atoms with Crippen LogP contribution in [-0.4, -0.2) is 30.9 Å². The first-order valence-electron chi connectivity index (χ1n) is 13.5. The molecule has 43 heavy (non-hydrogen) atoms. The van der Waals surface area contributed by atoms with E-state index in [0.29, 0.717) is 45.4 Å². The molecule has 0 aliphatic carbocycles. The summed E-state index contributed by atoms with van der Waals surface area (Å²) in [6, 6.07) is 16.4. The summed E-state index contributed by atoms with van der Waals surface area (Å²) in [6.45, 7) is 4.86. The summed E-state index contributed by atoms with van der Waals surface area (Å²) in [4.78, 5) is 31.6. The van der Waals surface area contributed by atoms with E-state index in [1.807, 2.05) is 38.1 Å². The first-order valence-corrected chi connectivity index (χ1v) is 15.4. The smallest absolute Gasteiger partial charge is 0.337 e. The van der Waals surface area contributed by atoms with Crippen molar-refractivity contribution in [3.05, 3.63) is 118 Å². The number of rotatable bonds is 10. The fraction of sp³-hybridized carbons (Fsp3) is 0.219. The first kappa shape index (κ1) is 30.5. The highest BCUT2D eigenvalue weighted by Gasteiger charge is 2.31. The lowest BCUT2D eigenvalue weighted by molar-refractivity contribution is -0.136. The maximum absolute atomic E-state index is 13.9. The van der Waals surface area contributed by atoms with E-state index in [-0.39, 0.29) is 23.6 Å². The van der Waals surface area contributed by atoms with Gasteiger partial charge in [0.15, 0.2) is 16.3 Å². The van der Waals surface area contributed by atoms with E-state index in [4.69, 9.17) is 18.9 Å². The Bertz CT molecular complexity index is 1880. The largest absolute Gasteiger partial charge is 0.490 e. The lowest BCUT2D eigenvalue weighted by atomic mass is 9.97. The van der Waals surface area contributed by atoms with Crippen LogP contribution in [0.5, 0.6) is 17.2 Å². The molecule has 222 valence electrons. The number of benzene rings is 3. The van der Waals surface area contributed by atoms with Crippen molar-refractivity contribution < 1.29 is 28.1 Å². The summed E-state index contributed by atoms with van der Waals surface area (Å²) < 4.78 is 38.8. The fourth-order valence-corrected chi connectivity index (χ4v) is 6.31. The lowest BCUT2D eigenvalue weighted by Gasteiger charge is -2.23. The molecule has 0 N–H and O–H groups in total. The van der Waals surface area contributed by atoms with E-state index in [0.717, 1.165) is 14.7 Å². The summed E-state index contributed by atoms with van der Waals surface area (Å²) in [6.07, 6.45) is 3.24. The van der Waals surface area contributed by atoms with E-state index >= 15 is 0 Å². The zero-order valence-electron chi connectivity index (χ0n) is 23.6. The summed E-state index contributed by atoms with van der Waals surface area (Å²) >= 11 is 3.39. The van der Waals surface area contributed by atoms with E-state index in [1.165, 1.54) is 41.3 Å². The third-order valence-corrected chi connectivity index (χ3v) is 8.39. The maximum atomic E-state index is 13.9. The predicted octanol–water partition coefficient (Wildman–Crippen LogP) is 5.14. The minimum absolute atomic E-state index is 0.224. The topological polar surface area (TPSA) is 88.4 Å². The van der Waals surface area contributed by atoms with Gasteiger partial charge in [-0.2, -0.15) is 0 Å². The molecular formula is C32H28FIN2O6S. The van der Waals surface area contributed by atoms with Gasteiger partial charge in [-0.3, -0.25) is 9.36 Å². The number of halogens is 2. The molecule has 0 saturated heterocycles. The molecule has 1 aliphatic heterocycles. The number of hydrogen-bond donors (Lipinski definition) is 0. The van der Waals surface area contributed by atoms with Gasteiger partial charge in [0.05, 0.1) is 40.0 Å². The highest BCUT2D eigenvalue weighted by Crippen LogP contribution is 2.35. The van der Waals surface area contributed by atoms with Crippen molar-refractivity contribution in [3.63, 3.8) is 0 Å². The molecule has 2 heterocycles. The van der Waals surface area contributed by atoms with Gasteiger partial charge in [0.2, 0.25) is 0 Å². The third-order valence-electron chi connectivity index (χ3n) is 6.55. The van der Waals surface area contributed by atoms with E-state index < -0.39 is 12.0 Å². The minimum atomic E-state index is -0.778. The van der Waals surface area contributed by atoms with E-state index in [1.54, 1.807) is 30.3 Å². The zero-order chi connectivity index (χ0) is 30.5. The summed E-state index contributed by atoms with van der Waals surface area (Å²) in [5.41, 5.74) is 2.10. The highest BCUT2D eigenvalue weighted by atomic mass is 127. The number of nitrogens with zero attached hydrogens (tertiary/aromatic N) is 2. The summed E-state index contributed by atoms with van der Waals surface area (Å²) in [5, 5.41) is 0. The van der Waals surface area contributed by atoms with Crippen LogP contribution in [0.4, 0.5) is 4.39 Å². The van der Waals surface area contributed by atoms with Crippen LogP contribution in [0.3, 0.4) is 0 Å². The summed E-state index contributed by atoms with van der Waals surface area (Å²) in [7, 11) is 1.29. The molecule has 0 fully saturated rings. The number of thiazole rings is 1. The monoisotopic (exact) mass is 714 g/mol. The average molecular weight is 715 g/mol. The van der Waals surface area contributed by atoms with Crippen molar-refractivity contribution in [2.45, 2.75) is 26.5 Å². The van der Waals surface area contributed by atoms with Gasteiger partial charge in [-0.15, -0.1) is 0 Å². The molecule has 8 nitrogen and oxygen atoms in total. The Morgan fingerprint density at radius 3 is 2.51 bits per heavy atom. The normalized spacial score (nSPS) is 14.4. The Balaban J connectivity index is 1.51. The van der Waals surface area contributed by atoms with Crippen molar-refractivity contribution in [1.82, 2.24) is 4.57 Å². The Labute approximate surface area is 264 Å². The molecular weight excluding hydrogens is 686 g/mol. The van der Waals surface area contributed by atoms with Crippen LogP contribution in [0.1, 0.15) is 36.6 Å². The number of esters is 1. The van der Waals surface area contributed by atoms with Crippen molar-refractivity contribution >= 4 is 46.0 Å². The molecule has 1 atom stereocenters. The molecule has 0 amide bonds. The van der Waals surface area contributed by atoms with Crippen LogP contribution in [0.25, 0.3) is 6.08 Å². The fourth-order valence-electron chi connectivity index (χ4n) is 4.65. The van der Waals surface area contributed by atoms with Crippen LogP contribution in [0, 0.1) is 9.39 Å². The SMILES string of the molecule is CCOc1ccc([C@H]2C(C(=O)OC)=CN=c3s/c(=C\c4ccc(OCc5cccc(F)c5)c(I)c4)c(=O)n32)cc1OCC.